The van der Waals surface area contributed by atoms with Crippen molar-refractivity contribution < 1.29 is 9.53 Å². The number of methoxy groups -OCH3 is 1. The summed E-state index contributed by atoms with van der Waals surface area (Å²) >= 11 is 0. The van der Waals surface area contributed by atoms with E-state index in [1.807, 2.05) is 0 Å². The van der Waals surface area contributed by atoms with Crippen LogP contribution < -0.4 is 5.56 Å². The molecule has 0 saturated carbocycles. The minimum absolute atomic E-state index is 0.0231. The van der Waals surface area contributed by atoms with Crippen molar-refractivity contribution in [1.29, 1.82) is 0 Å². The summed E-state index contributed by atoms with van der Waals surface area (Å²) in [6.45, 7) is 0. The molecule has 1 aromatic heterocycles. The van der Waals surface area contributed by atoms with Crippen LogP contribution in [-0.4, -0.2) is 22.9 Å². The summed E-state index contributed by atoms with van der Waals surface area (Å²) in [6.07, 6.45) is 1.38. The van der Waals surface area contributed by atoms with Crippen LogP contribution in [0.3, 0.4) is 0 Å². The number of aryl methyl sites for hydroxylation is 1. The topological polar surface area (TPSA) is 64.1 Å². The number of rotatable bonds is 1. The standard InChI is InChI=1S/C6H8N2O3/c1-8-3-4(5(9)7-8)6(10)11-2/h3H,1-2H3,(H,7,9). The number of ether oxygens (including phenoxy) is 1. The van der Waals surface area contributed by atoms with E-state index in [9.17, 15) is 9.59 Å². The largest absolute Gasteiger partial charge is 0.465 e. The molecule has 0 fully saturated rings. The Morgan fingerprint density at radius 2 is 2.36 bits per heavy atom. The molecule has 0 unspecified atom stereocenters. The van der Waals surface area contributed by atoms with Gasteiger partial charge < -0.3 is 4.74 Å². The molecule has 0 saturated heterocycles. The number of hydrogen-bond donors (Lipinski definition) is 1. The normalized spacial score (nSPS) is 9.64. The summed E-state index contributed by atoms with van der Waals surface area (Å²) < 4.78 is 5.76. The Morgan fingerprint density at radius 3 is 2.73 bits per heavy atom. The average molecular weight is 156 g/mol. The molecule has 0 spiro atoms. The van der Waals surface area contributed by atoms with Crippen molar-refractivity contribution in [2.24, 2.45) is 7.05 Å². The van der Waals surface area contributed by atoms with E-state index < -0.39 is 11.5 Å². The molecule has 0 atom stereocenters. The zero-order chi connectivity index (χ0) is 8.43. The first-order chi connectivity index (χ1) is 5.15. The van der Waals surface area contributed by atoms with E-state index in [-0.39, 0.29) is 5.56 Å². The van der Waals surface area contributed by atoms with E-state index in [0.29, 0.717) is 0 Å². The Balaban J connectivity index is 3.13. The fourth-order valence-electron chi connectivity index (χ4n) is 0.760. The molecule has 0 bridgehead atoms. The summed E-state index contributed by atoms with van der Waals surface area (Å²) in [5.41, 5.74) is -0.408. The molecule has 0 aliphatic carbocycles. The molecule has 5 nitrogen and oxygen atoms in total. The second-order valence-electron chi connectivity index (χ2n) is 2.09. The maximum Gasteiger partial charge on any atom is 0.345 e. The van der Waals surface area contributed by atoms with Crippen LogP contribution in [0.4, 0.5) is 0 Å². The molecule has 0 aliphatic rings. The molecule has 0 aromatic carbocycles. The van der Waals surface area contributed by atoms with E-state index in [0.717, 1.165) is 0 Å². The van der Waals surface area contributed by atoms with E-state index in [2.05, 4.69) is 9.84 Å². The first kappa shape index (κ1) is 7.59. The van der Waals surface area contributed by atoms with Gasteiger partial charge in [-0.3, -0.25) is 14.6 Å². The van der Waals surface area contributed by atoms with Crippen molar-refractivity contribution >= 4 is 5.97 Å². The molecule has 1 aromatic rings. The van der Waals surface area contributed by atoms with Crippen LogP contribution in [0.2, 0.25) is 0 Å². The molecule has 0 radical (unpaired) electrons. The van der Waals surface area contributed by atoms with Crippen LogP contribution in [0.5, 0.6) is 0 Å². The summed E-state index contributed by atoms with van der Waals surface area (Å²) in [5.74, 6) is -0.619. The van der Waals surface area contributed by atoms with Gasteiger partial charge in [0.1, 0.15) is 5.56 Å². The van der Waals surface area contributed by atoms with E-state index >= 15 is 0 Å². The number of carbonyl (C=O) groups excluding carboxylic acids is 1. The van der Waals surface area contributed by atoms with Crippen molar-refractivity contribution in [3.63, 3.8) is 0 Å². The lowest BCUT2D eigenvalue weighted by atomic mass is 10.4. The van der Waals surface area contributed by atoms with Gasteiger partial charge in [0, 0.05) is 13.2 Å². The number of aromatic nitrogens is 2. The van der Waals surface area contributed by atoms with Gasteiger partial charge in [0.05, 0.1) is 7.11 Å². The maximum atomic E-state index is 10.9. The van der Waals surface area contributed by atoms with Gasteiger partial charge in [0.25, 0.3) is 5.56 Å². The number of aromatic amines is 1. The molecular weight excluding hydrogens is 148 g/mol. The highest BCUT2D eigenvalue weighted by molar-refractivity contribution is 5.88. The molecule has 11 heavy (non-hydrogen) atoms. The van der Waals surface area contributed by atoms with Crippen LogP contribution in [-0.2, 0) is 11.8 Å². The lowest BCUT2D eigenvalue weighted by molar-refractivity contribution is 0.0599. The Morgan fingerprint density at radius 1 is 1.73 bits per heavy atom. The van der Waals surface area contributed by atoms with Gasteiger partial charge in [-0.15, -0.1) is 0 Å². The van der Waals surface area contributed by atoms with Crippen molar-refractivity contribution in [2.75, 3.05) is 7.11 Å². The first-order valence-corrected chi connectivity index (χ1v) is 2.99. The maximum absolute atomic E-state index is 10.9. The molecule has 0 amide bonds. The van der Waals surface area contributed by atoms with E-state index in [1.165, 1.54) is 18.0 Å². The number of esters is 1. The minimum atomic E-state index is -0.619. The molecule has 1 rings (SSSR count). The first-order valence-electron chi connectivity index (χ1n) is 2.99. The monoisotopic (exact) mass is 156 g/mol. The smallest absolute Gasteiger partial charge is 0.345 e. The minimum Gasteiger partial charge on any atom is -0.465 e. The quantitative estimate of drug-likeness (QED) is 0.557. The highest BCUT2D eigenvalue weighted by Crippen LogP contribution is 1.90. The Hall–Kier alpha value is -1.52. The number of nitrogens with one attached hydrogen (secondary N) is 1. The van der Waals surface area contributed by atoms with Crippen LogP contribution in [0, 0.1) is 0 Å². The number of H-pyrrole nitrogens is 1. The molecule has 1 heterocycles. The summed E-state index contributed by atoms with van der Waals surface area (Å²) in [5, 5.41) is 2.38. The molecule has 60 valence electrons. The lowest BCUT2D eigenvalue weighted by Crippen LogP contribution is -2.13. The van der Waals surface area contributed by atoms with Crippen molar-refractivity contribution in [2.45, 2.75) is 0 Å². The highest BCUT2D eigenvalue weighted by Gasteiger charge is 2.11. The molecule has 1 N–H and O–H groups in total. The third-order valence-electron chi connectivity index (χ3n) is 1.25. The average Bonchev–Trinajstić information content (AvgIpc) is 2.28. The van der Waals surface area contributed by atoms with Gasteiger partial charge in [0.2, 0.25) is 0 Å². The zero-order valence-electron chi connectivity index (χ0n) is 6.25. The van der Waals surface area contributed by atoms with Gasteiger partial charge in [-0.05, 0) is 0 Å². The van der Waals surface area contributed by atoms with E-state index in [4.69, 9.17) is 0 Å². The van der Waals surface area contributed by atoms with E-state index in [1.54, 1.807) is 7.05 Å². The molecule has 5 heteroatoms. The predicted molar refractivity (Wildman–Crippen MR) is 37.4 cm³/mol. The number of hydrogen-bond acceptors (Lipinski definition) is 3. The highest BCUT2D eigenvalue weighted by atomic mass is 16.5. The summed E-state index contributed by atoms with van der Waals surface area (Å²) in [6, 6.07) is 0. The number of nitrogens with zero attached hydrogens (tertiary/aromatic N) is 1. The Bertz CT molecular complexity index is 323. The van der Waals surface area contributed by atoms with Crippen LogP contribution in [0.25, 0.3) is 0 Å². The Labute approximate surface area is 62.6 Å². The van der Waals surface area contributed by atoms with Gasteiger partial charge >= 0.3 is 5.97 Å². The van der Waals surface area contributed by atoms with Crippen molar-refractivity contribution in [3.05, 3.63) is 22.1 Å². The third kappa shape index (κ3) is 1.31. The zero-order valence-corrected chi connectivity index (χ0v) is 6.25. The van der Waals surface area contributed by atoms with Gasteiger partial charge in [-0.1, -0.05) is 0 Å². The third-order valence-corrected chi connectivity index (χ3v) is 1.25. The Kier molecular flexibility index (Phi) is 1.80. The SMILES string of the molecule is COC(=O)c1cn(C)[nH]c1=O. The summed E-state index contributed by atoms with van der Waals surface area (Å²) in [4.78, 5) is 21.7. The molecule has 0 aliphatic heterocycles. The van der Waals surface area contributed by atoms with Gasteiger partial charge in [0.15, 0.2) is 0 Å². The lowest BCUT2D eigenvalue weighted by Gasteiger charge is -1.89. The fraction of sp³-hybridized carbons (Fsp3) is 0.333. The number of carbonyl (C=O) groups is 1. The predicted octanol–water partition coefficient (Wildman–Crippen LogP) is -0.500. The summed E-state index contributed by atoms with van der Waals surface area (Å²) in [7, 11) is 2.85. The van der Waals surface area contributed by atoms with Crippen molar-refractivity contribution in [3.8, 4) is 0 Å². The van der Waals surface area contributed by atoms with Crippen LogP contribution >= 0.6 is 0 Å². The van der Waals surface area contributed by atoms with Crippen LogP contribution in [0.15, 0.2) is 11.0 Å². The fourth-order valence-corrected chi connectivity index (χ4v) is 0.760. The van der Waals surface area contributed by atoms with Gasteiger partial charge in [-0.25, -0.2) is 4.79 Å². The van der Waals surface area contributed by atoms with Crippen LogP contribution in [0.1, 0.15) is 10.4 Å². The van der Waals surface area contributed by atoms with Gasteiger partial charge in [-0.2, -0.15) is 0 Å². The molecular formula is C6H8N2O3. The second-order valence-corrected chi connectivity index (χ2v) is 2.09. The van der Waals surface area contributed by atoms with Crippen molar-refractivity contribution in [1.82, 2.24) is 9.78 Å². The second kappa shape index (κ2) is 2.61.